The monoisotopic (exact) mass is 378 g/mol. The molecule has 0 radical (unpaired) electrons. The van der Waals surface area contributed by atoms with Crippen molar-refractivity contribution in [3.05, 3.63) is 48.0 Å². The number of rotatable bonds is 4. The van der Waals surface area contributed by atoms with Gasteiger partial charge < -0.3 is 11.1 Å². The number of nitrogens with two attached hydrogens (primary N) is 1. The Morgan fingerprint density at radius 2 is 2.25 bits per heavy atom. The Balaban J connectivity index is 1.81. The lowest BCUT2D eigenvalue weighted by molar-refractivity contribution is 0.1000. The minimum Gasteiger partial charge on any atom is -0.377 e. The van der Waals surface area contributed by atoms with E-state index in [0.29, 0.717) is 29.7 Å². The molecule has 142 valence electrons. The van der Waals surface area contributed by atoms with Gasteiger partial charge >= 0.3 is 0 Å². The van der Waals surface area contributed by atoms with Gasteiger partial charge in [0.2, 0.25) is 0 Å². The van der Waals surface area contributed by atoms with Crippen molar-refractivity contribution in [3.63, 3.8) is 0 Å². The summed E-state index contributed by atoms with van der Waals surface area (Å²) in [6.07, 6.45) is 6.71. The molecule has 2 atom stereocenters. The van der Waals surface area contributed by atoms with Gasteiger partial charge in [0.1, 0.15) is 17.4 Å². The van der Waals surface area contributed by atoms with E-state index in [2.05, 4.69) is 15.4 Å². The minimum absolute atomic E-state index is 0.220. The number of anilines is 1. The number of carbonyl (C=O) groups is 1. The van der Waals surface area contributed by atoms with Gasteiger partial charge in [-0.3, -0.25) is 4.79 Å². The molecule has 28 heavy (non-hydrogen) atoms. The van der Waals surface area contributed by atoms with Crippen LogP contribution in [0.2, 0.25) is 0 Å². The van der Waals surface area contributed by atoms with E-state index in [1.165, 1.54) is 6.20 Å². The number of nitriles is 1. The molecule has 1 aliphatic carbocycles. The fourth-order valence-electron chi connectivity index (χ4n) is 3.71. The standard InChI is InChI=1S/C20H19FN6O/c1-20(21)6-2-3-17(20)26-18-15(19(23)28)10-25-27-11-13(7-16(18)27)12-4-5-14(8-22)24-9-12/h4-5,7,9-11,17,26H,2-3,6H2,1H3,(H2,23,28). The number of hydrogen-bond donors (Lipinski definition) is 2. The number of amides is 1. The summed E-state index contributed by atoms with van der Waals surface area (Å²) in [7, 11) is 0. The van der Waals surface area contributed by atoms with Crippen LogP contribution in [0, 0.1) is 11.3 Å². The molecule has 1 saturated carbocycles. The largest absolute Gasteiger partial charge is 0.377 e. The lowest BCUT2D eigenvalue weighted by atomic mass is 10.0. The van der Waals surface area contributed by atoms with Gasteiger partial charge in [-0.1, -0.05) is 0 Å². The van der Waals surface area contributed by atoms with E-state index in [1.54, 1.807) is 36.0 Å². The third-order valence-corrected chi connectivity index (χ3v) is 5.32. The highest BCUT2D eigenvalue weighted by Crippen LogP contribution is 2.37. The van der Waals surface area contributed by atoms with Gasteiger partial charge in [0.05, 0.1) is 29.0 Å². The molecule has 1 fully saturated rings. The first kappa shape index (κ1) is 17.9. The Hall–Kier alpha value is -3.47. The second kappa shape index (κ2) is 6.60. The molecule has 2 unspecified atom stereocenters. The second-order valence-corrected chi connectivity index (χ2v) is 7.27. The van der Waals surface area contributed by atoms with E-state index in [9.17, 15) is 9.18 Å². The Labute approximate surface area is 161 Å². The summed E-state index contributed by atoms with van der Waals surface area (Å²) < 4.78 is 16.4. The second-order valence-electron chi connectivity index (χ2n) is 7.27. The number of carbonyl (C=O) groups excluding carboxylic acids is 1. The van der Waals surface area contributed by atoms with E-state index < -0.39 is 17.6 Å². The number of alkyl halides is 1. The van der Waals surface area contributed by atoms with Crippen molar-refractivity contribution in [2.45, 2.75) is 37.9 Å². The lowest BCUT2D eigenvalue weighted by Gasteiger charge is -2.26. The van der Waals surface area contributed by atoms with Gasteiger partial charge in [0, 0.05) is 23.5 Å². The van der Waals surface area contributed by atoms with Crippen LogP contribution in [0.1, 0.15) is 42.2 Å². The Morgan fingerprint density at radius 3 is 2.86 bits per heavy atom. The summed E-state index contributed by atoms with van der Waals surface area (Å²) in [5, 5.41) is 16.4. The quantitative estimate of drug-likeness (QED) is 0.725. The molecule has 3 heterocycles. The third kappa shape index (κ3) is 3.05. The molecule has 3 N–H and O–H groups in total. The van der Waals surface area contributed by atoms with Gasteiger partial charge in [-0.25, -0.2) is 13.9 Å². The zero-order valence-corrected chi connectivity index (χ0v) is 15.3. The maximum atomic E-state index is 14.8. The Morgan fingerprint density at radius 1 is 1.43 bits per heavy atom. The van der Waals surface area contributed by atoms with Crippen LogP contribution in [0.25, 0.3) is 16.6 Å². The van der Waals surface area contributed by atoms with Crippen LogP contribution in [0.4, 0.5) is 10.1 Å². The van der Waals surface area contributed by atoms with Gasteiger partial charge in [-0.15, -0.1) is 0 Å². The van der Waals surface area contributed by atoms with E-state index in [-0.39, 0.29) is 5.56 Å². The molecule has 1 aliphatic rings. The zero-order valence-electron chi connectivity index (χ0n) is 15.3. The fraction of sp³-hybridized carbons (Fsp3) is 0.300. The highest BCUT2D eigenvalue weighted by Gasteiger charge is 2.39. The molecule has 0 aromatic carbocycles. The average Bonchev–Trinajstić information content (AvgIpc) is 3.25. The number of hydrogen-bond acceptors (Lipinski definition) is 5. The molecule has 3 aromatic heterocycles. The van der Waals surface area contributed by atoms with Crippen LogP contribution >= 0.6 is 0 Å². The number of nitrogens with zero attached hydrogens (tertiary/aromatic N) is 4. The molecular weight excluding hydrogens is 359 g/mol. The van der Waals surface area contributed by atoms with Gasteiger partial charge in [-0.2, -0.15) is 10.4 Å². The van der Waals surface area contributed by atoms with Crippen LogP contribution in [-0.4, -0.2) is 32.2 Å². The Kier molecular flexibility index (Phi) is 4.23. The molecule has 0 spiro atoms. The molecule has 3 aromatic rings. The first-order valence-corrected chi connectivity index (χ1v) is 9.02. The molecule has 4 rings (SSSR count). The average molecular weight is 378 g/mol. The van der Waals surface area contributed by atoms with Gasteiger partial charge in [0.15, 0.2) is 0 Å². The van der Waals surface area contributed by atoms with Crippen LogP contribution in [0.5, 0.6) is 0 Å². The van der Waals surface area contributed by atoms with Crippen LogP contribution in [-0.2, 0) is 0 Å². The number of primary amides is 1. The maximum Gasteiger partial charge on any atom is 0.252 e. The van der Waals surface area contributed by atoms with Gasteiger partial charge in [0.25, 0.3) is 5.91 Å². The predicted octanol–water partition coefficient (Wildman–Crippen LogP) is 3.06. The van der Waals surface area contributed by atoms with Crippen molar-refractivity contribution in [2.75, 3.05) is 5.32 Å². The number of halogens is 1. The van der Waals surface area contributed by atoms with Crippen molar-refractivity contribution in [3.8, 4) is 17.2 Å². The minimum atomic E-state index is -1.36. The van der Waals surface area contributed by atoms with Crippen molar-refractivity contribution >= 4 is 17.1 Å². The van der Waals surface area contributed by atoms with Crippen LogP contribution in [0.15, 0.2) is 36.8 Å². The fourth-order valence-corrected chi connectivity index (χ4v) is 3.71. The van der Waals surface area contributed by atoms with E-state index in [0.717, 1.165) is 17.5 Å². The number of fused-ring (bicyclic) bond motifs is 1. The molecule has 0 aliphatic heterocycles. The zero-order chi connectivity index (χ0) is 19.9. The molecule has 1 amide bonds. The number of pyridine rings is 1. The summed E-state index contributed by atoms with van der Waals surface area (Å²) in [6, 6.07) is 6.84. The van der Waals surface area contributed by atoms with Crippen molar-refractivity contribution < 1.29 is 9.18 Å². The first-order chi connectivity index (χ1) is 13.4. The van der Waals surface area contributed by atoms with Crippen LogP contribution in [0.3, 0.4) is 0 Å². The van der Waals surface area contributed by atoms with Crippen molar-refractivity contribution in [1.82, 2.24) is 14.6 Å². The summed E-state index contributed by atoms with van der Waals surface area (Å²) in [5.74, 6) is -0.626. The van der Waals surface area contributed by atoms with Crippen molar-refractivity contribution in [2.24, 2.45) is 5.73 Å². The first-order valence-electron chi connectivity index (χ1n) is 9.02. The summed E-state index contributed by atoms with van der Waals surface area (Å²) in [6.45, 7) is 1.58. The highest BCUT2D eigenvalue weighted by molar-refractivity contribution is 6.02. The van der Waals surface area contributed by atoms with E-state index in [1.807, 2.05) is 12.1 Å². The maximum absolute atomic E-state index is 14.8. The molecule has 0 bridgehead atoms. The summed E-state index contributed by atoms with van der Waals surface area (Å²) in [5.41, 5.74) is 7.43. The van der Waals surface area contributed by atoms with E-state index >= 15 is 0 Å². The molecule has 8 heteroatoms. The molecule has 7 nitrogen and oxygen atoms in total. The van der Waals surface area contributed by atoms with Crippen molar-refractivity contribution in [1.29, 1.82) is 5.26 Å². The summed E-state index contributed by atoms with van der Waals surface area (Å²) in [4.78, 5) is 16.0. The number of aromatic nitrogens is 3. The Bertz CT molecular complexity index is 1100. The summed E-state index contributed by atoms with van der Waals surface area (Å²) >= 11 is 0. The predicted molar refractivity (Wildman–Crippen MR) is 102 cm³/mol. The molecular formula is C20H19FN6O. The third-order valence-electron chi connectivity index (χ3n) is 5.32. The van der Waals surface area contributed by atoms with Gasteiger partial charge in [-0.05, 0) is 44.4 Å². The van der Waals surface area contributed by atoms with E-state index in [4.69, 9.17) is 11.0 Å². The topological polar surface area (TPSA) is 109 Å². The number of nitrogens with one attached hydrogen (secondary N) is 1. The smallest absolute Gasteiger partial charge is 0.252 e. The highest BCUT2D eigenvalue weighted by atomic mass is 19.1. The van der Waals surface area contributed by atoms with Crippen LogP contribution < -0.4 is 11.1 Å². The molecule has 0 saturated heterocycles. The lowest BCUT2D eigenvalue weighted by Crippen LogP contribution is -2.36. The SMILES string of the molecule is CC1(F)CCCC1Nc1c(C(N)=O)cnn2cc(-c3ccc(C#N)nc3)cc12. The normalized spacial score (nSPS) is 21.5.